The van der Waals surface area contributed by atoms with Crippen molar-refractivity contribution in [2.24, 2.45) is 5.92 Å². The molecule has 0 aliphatic heterocycles. The molecule has 1 aliphatic rings. The quantitative estimate of drug-likeness (QED) is 0.855. The first-order valence-electron chi connectivity index (χ1n) is 5.33. The van der Waals surface area contributed by atoms with Crippen molar-refractivity contribution in [2.45, 2.75) is 19.3 Å². The zero-order valence-electron chi connectivity index (χ0n) is 8.92. The van der Waals surface area contributed by atoms with Gasteiger partial charge in [-0.1, -0.05) is 5.10 Å². The lowest BCUT2D eigenvalue weighted by Gasteiger charge is -1.94. The van der Waals surface area contributed by atoms with Crippen molar-refractivity contribution in [2.75, 3.05) is 5.32 Å². The van der Waals surface area contributed by atoms with Crippen molar-refractivity contribution in [3.8, 4) is 0 Å². The van der Waals surface area contributed by atoms with Gasteiger partial charge < -0.3 is 8.83 Å². The summed E-state index contributed by atoms with van der Waals surface area (Å²) in [6.07, 6.45) is 5.70. The van der Waals surface area contributed by atoms with Gasteiger partial charge in [0.25, 0.3) is 5.91 Å². The van der Waals surface area contributed by atoms with Crippen molar-refractivity contribution in [1.29, 1.82) is 0 Å². The van der Waals surface area contributed by atoms with E-state index in [1.54, 1.807) is 0 Å². The van der Waals surface area contributed by atoms with Crippen LogP contribution in [-0.2, 0) is 6.42 Å². The van der Waals surface area contributed by atoms with Gasteiger partial charge >= 0.3 is 6.01 Å². The lowest BCUT2D eigenvalue weighted by Crippen LogP contribution is -2.12. The summed E-state index contributed by atoms with van der Waals surface area (Å²) in [7, 11) is 0. The van der Waals surface area contributed by atoms with E-state index in [1.165, 1.54) is 19.1 Å². The lowest BCUT2D eigenvalue weighted by atomic mass is 10.3. The third-order valence-electron chi connectivity index (χ3n) is 2.53. The van der Waals surface area contributed by atoms with Crippen LogP contribution >= 0.6 is 0 Å². The third-order valence-corrected chi connectivity index (χ3v) is 2.53. The first-order chi connectivity index (χ1) is 8.31. The standard InChI is InChI=1S/C10H10N4O3/c15-9(13-10-14-11-5-17-10)7-4-16-8(12-7)3-6-1-2-6/h4-6H,1-3H2,(H,13,14,15). The number of carbonyl (C=O) groups is 1. The van der Waals surface area contributed by atoms with Crippen LogP contribution in [0.25, 0.3) is 0 Å². The highest BCUT2D eigenvalue weighted by molar-refractivity contribution is 6.01. The van der Waals surface area contributed by atoms with Gasteiger partial charge in [-0.2, -0.15) is 0 Å². The summed E-state index contributed by atoms with van der Waals surface area (Å²) in [6, 6.07) is 0.0433. The summed E-state index contributed by atoms with van der Waals surface area (Å²) < 4.78 is 10.0. The molecule has 2 aromatic rings. The highest BCUT2D eigenvalue weighted by Crippen LogP contribution is 2.32. The highest BCUT2D eigenvalue weighted by Gasteiger charge is 2.24. The van der Waals surface area contributed by atoms with E-state index < -0.39 is 5.91 Å². The van der Waals surface area contributed by atoms with Crippen LogP contribution in [0.2, 0.25) is 0 Å². The molecule has 17 heavy (non-hydrogen) atoms. The Morgan fingerprint density at radius 3 is 3.06 bits per heavy atom. The average molecular weight is 234 g/mol. The van der Waals surface area contributed by atoms with E-state index in [2.05, 4.69) is 20.5 Å². The summed E-state index contributed by atoms with van der Waals surface area (Å²) in [5.41, 5.74) is 0.221. The normalized spacial score (nSPS) is 14.8. The monoisotopic (exact) mass is 234 g/mol. The maximum Gasteiger partial charge on any atom is 0.322 e. The molecule has 2 aromatic heterocycles. The van der Waals surface area contributed by atoms with Crippen molar-refractivity contribution in [1.82, 2.24) is 15.2 Å². The number of aromatic nitrogens is 3. The smallest absolute Gasteiger partial charge is 0.322 e. The summed E-state index contributed by atoms with van der Waals surface area (Å²) in [4.78, 5) is 15.8. The maximum atomic E-state index is 11.7. The largest absolute Gasteiger partial charge is 0.448 e. The molecule has 1 N–H and O–H groups in total. The molecule has 0 aromatic carbocycles. The molecule has 7 nitrogen and oxygen atoms in total. The molecule has 3 rings (SSSR count). The number of nitrogens with zero attached hydrogens (tertiary/aromatic N) is 3. The Hall–Kier alpha value is -2.18. The molecule has 0 spiro atoms. The van der Waals surface area contributed by atoms with Crippen LogP contribution in [-0.4, -0.2) is 21.1 Å². The number of amides is 1. The Kier molecular flexibility index (Phi) is 2.36. The first-order valence-corrected chi connectivity index (χ1v) is 5.33. The second-order valence-corrected chi connectivity index (χ2v) is 3.97. The van der Waals surface area contributed by atoms with Crippen LogP contribution in [0.3, 0.4) is 0 Å². The van der Waals surface area contributed by atoms with Gasteiger partial charge in [-0.3, -0.25) is 10.1 Å². The molecule has 7 heteroatoms. The molecule has 0 radical (unpaired) electrons. The Morgan fingerprint density at radius 2 is 2.35 bits per heavy atom. The Bertz CT molecular complexity index is 515. The summed E-state index contributed by atoms with van der Waals surface area (Å²) in [6.45, 7) is 0. The molecule has 0 atom stereocenters. The molecule has 0 saturated heterocycles. The minimum absolute atomic E-state index is 0.0433. The number of carbonyl (C=O) groups excluding carboxylic acids is 1. The predicted octanol–water partition coefficient (Wildman–Crippen LogP) is 1.26. The zero-order valence-corrected chi connectivity index (χ0v) is 8.92. The number of hydrogen-bond donors (Lipinski definition) is 1. The van der Waals surface area contributed by atoms with Gasteiger partial charge in [0.1, 0.15) is 6.26 Å². The number of rotatable bonds is 4. The number of anilines is 1. The van der Waals surface area contributed by atoms with Gasteiger partial charge in [0, 0.05) is 6.42 Å². The van der Waals surface area contributed by atoms with E-state index in [1.807, 2.05) is 0 Å². The summed E-state index contributed by atoms with van der Waals surface area (Å²) >= 11 is 0. The minimum Gasteiger partial charge on any atom is -0.448 e. The van der Waals surface area contributed by atoms with E-state index in [9.17, 15) is 4.79 Å². The fourth-order valence-electron chi connectivity index (χ4n) is 1.47. The second kappa shape index (κ2) is 4.00. The summed E-state index contributed by atoms with van der Waals surface area (Å²) in [5.74, 6) is 0.851. The maximum absolute atomic E-state index is 11.7. The topological polar surface area (TPSA) is 94.1 Å². The van der Waals surface area contributed by atoms with Gasteiger partial charge in [-0.15, -0.1) is 5.10 Å². The van der Waals surface area contributed by atoms with Crippen molar-refractivity contribution >= 4 is 11.9 Å². The fraction of sp³-hybridized carbons (Fsp3) is 0.400. The number of oxazole rings is 1. The molecule has 2 heterocycles. The van der Waals surface area contributed by atoms with Gasteiger partial charge in [0.2, 0.25) is 6.39 Å². The van der Waals surface area contributed by atoms with Crippen molar-refractivity contribution < 1.29 is 13.6 Å². The average Bonchev–Trinajstić information content (AvgIpc) is 2.81. The van der Waals surface area contributed by atoms with Crippen LogP contribution < -0.4 is 5.32 Å². The third kappa shape index (κ3) is 2.32. The Balaban J connectivity index is 1.66. The molecular weight excluding hydrogens is 224 g/mol. The molecular formula is C10H10N4O3. The minimum atomic E-state index is -0.417. The van der Waals surface area contributed by atoms with Crippen LogP contribution in [0.1, 0.15) is 29.2 Å². The highest BCUT2D eigenvalue weighted by atomic mass is 16.4. The van der Waals surface area contributed by atoms with Gasteiger partial charge in [0.15, 0.2) is 11.6 Å². The van der Waals surface area contributed by atoms with E-state index in [0.29, 0.717) is 11.8 Å². The second-order valence-electron chi connectivity index (χ2n) is 3.97. The van der Waals surface area contributed by atoms with E-state index in [4.69, 9.17) is 8.83 Å². The Morgan fingerprint density at radius 1 is 1.47 bits per heavy atom. The number of nitrogens with one attached hydrogen (secondary N) is 1. The first kappa shape index (κ1) is 10.0. The fourth-order valence-corrected chi connectivity index (χ4v) is 1.47. The Labute approximate surface area is 96.2 Å². The molecule has 0 unspecified atom stereocenters. The zero-order chi connectivity index (χ0) is 11.7. The van der Waals surface area contributed by atoms with Crippen molar-refractivity contribution in [3.63, 3.8) is 0 Å². The molecule has 0 bridgehead atoms. The van der Waals surface area contributed by atoms with E-state index in [-0.39, 0.29) is 11.7 Å². The van der Waals surface area contributed by atoms with E-state index in [0.717, 1.165) is 12.8 Å². The van der Waals surface area contributed by atoms with Gasteiger partial charge in [0.05, 0.1) is 0 Å². The van der Waals surface area contributed by atoms with Gasteiger partial charge in [-0.05, 0) is 18.8 Å². The summed E-state index contributed by atoms with van der Waals surface area (Å²) in [5, 5.41) is 9.41. The van der Waals surface area contributed by atoms with Crippen LogP contribution in [0, 0.1) is 5.92 Å². The molecule has 88 valence electrons. The van der Waals surface area contributed by atoms with Gasteiger partial charge in [-0.25, -0.2) is 4.98 Å². The predicted molar refractivity (Wildman–Crippen MR) is 55.2 cm³/mol. The lowest BCUT2D eigenvalue weighted by molar-refractivity contribution is 0.101. The molecule has 1 aliphatic carbocycles. The molecule has 1 saturated carbocycles. The van der Waals surface area contributed by atoms with Crippen LogP contribution in [0.15, 0.2) is 21.5 Å². The van der Waals surface area contributed by atoms with E-state index >= 15 is 0 Å². The SMILES string of the molecule is O=C(Nc1nnco1)c1coc(CC2CC2)n1. The van der Waals surface area contributed by atoms with Crippen molar-refractivity contribution in [3.05, 3.63) is 24.2 Å². The van der Waals surface area contributed by atoms with Crippen LogP contribution in [0.5, 0.6) is 0 Å². The van der Waals surface area contributed by atoms with Crippen LogP contribution in [0.4, 0.5) is 6.01 Å². The molecule has 1 amide bonds. The number of hydrogen-bond acceptors (Lipinski definition) is 6. The molecule has 1 fully saturated rings.